The van der Waals surface area contributed by atoms with Gasteiger partial charge in [0.2, 0.25) is 5.95 Å². The number of aliphatic imine (C=N–C) groups is 1. The molecular weight excluding hydrogens is 460 g/mol. The summed E-state index contributed by atoms with van der Waals surface area (Å²) in [6.45, 7) is 0.252. The molecule has 0 bridgehead atoms. The molecule has 34 heavy (non-hydrogen) atoms. The average Bonchev–Trinajstić information content (AvgIpc) is 3.36. The quantitative estimate of drug-likeness (QED) is 0.168. The minimum absolute atomic E-state index is 0. The maximum Gasteiger partial charge on any atom is 0.270 e. The molecule has 0 atom stereocenters. The van der Waals surface area contributed by atoms with Crippen LogP contribution < -0.4 is 15.8 Å². The van der Waals surface area contributed by atoms with Gasteiger partial charge >= 0.3 is 0 Å². The summed E-state index contributed by atoms with van der Waals surface area (Å²) in [6, 6.07) is 18.9. The van der Waals surface area contributed by atoms with E-state index in [0.29, 0.717) is 28.5 Å². The first kappa shape index (κ1) is 24.2. The van der Waals surface area contributed by atoms with Crippen LogP contribution in [0, 0.1) is 10.1 Å². The highest BCUT2D eigenvalue weighted by Crippen LogP contribution is 2.28. The van der Waals surface area contributed by atoms with E-state index in [4.69, 9.17) is 14.9 Å². The maximum absolute atomic E-state index is 11.2. The Balaban J connectivity index is 0.00000324. The molecule has 2 heterocycles. The molecule has 0 aliphatic carbocycles. The van der Waals surface area contributed by atoms with Crippen molar-refractivity contribution in [1.82, 2.24) is 9.97 Å². The van der Waals surface area contributed by atoms with Gasteiger partial charge in [-0.25, -0.2) is 15.0 Å². The Bertz CT molecular complexity index is 1290. The van der Waals surface area contributed by atoms with E-state index in [9.17, 15) is 10.1 Å². The van der Waals surface area contributed by atoms with Gasteiger partial charge in [0.15, 0.2) is 5.96 Å². The number of methoxy groups -OCH3 is 1. The smallest absolute Gasteiger partial charge is 0.270 e. The van der Waals surface area contributed by atoms with Crippen LogP contribution in [0.3, 0.4) is 0 Å². The van der Waals surface area contributed by atoms with Gasteiger partial charge in [-0.15, -0.1) is 12.4 Å². The summed E-state index contributed by atoms with van der Waals surface area (Å²) >= 11 is 0. The van der Waals surface area contributed by atoms with Crippen molar-refractivity contribution in [2.24, 2.45) is 10.7 Å². The Morgan fingerprint density at radius 2 is 1.82 bits per heavy atom. The topological polar surface area (TPSA) is 142 Å². The van der Waals surface area contributed by atoms with Crippen molar-refractivity contribution in [2.45, 2.75) is 6.54 Å². The molecule has 0 aliphatic heterocycles. The molecule has 0 amide bonds. The lowest BCUT2D eigenvalue weighted by atomic mass is 10.1. The lowest BCUT2D eigenvalue weighted by Crippen LogP contribution is -2.24. The predicted octanol–water partition coefficient (Wildman–Crippen LogP) is 4.67. The molecule has 0 unspecified atom stereocenters. The number of furan rings is 1. The highest BCUT2D eigenvalue weighted by molar-refractivity contribution is 5.91. The summed E-state index contributed by atoms with van der Waals surface area (Å²) in [7, 11) is 1.59. The summed E-state index contributed by atoms with van der Waals surface area (Å²) in [6.07, 6.45) is 1.56. The number of aromatic nitrogens is 2. The lowest BCUT2D eigenvalue weighted by Gasteiger charge is -2.10. The largest absolute Gasteiger partial charge is 0.497 e. The fourth-order valence-corrected chi connectivity index (χ4v) is 3.06. The van der Waals surface area contributed by atoms with Crippen LogP contribution >= 0.6 is 12.4 Å². The van der Waals surface area contributed by atoms with Crippen LogP contribution in [0.15, 0.2) is 82.4 Å². The molecule has 11 heteroatoms. The number of nitrogens with one attached hydrogen (secondary N) is 1. The molecule has 0 aliphatic rings. The van der Waals surface area contributed by atoms with Crippen LogP contribution in [0.2, 0.25) is 0 Å². The third-order valence-corrected chi connectivity index (χ3v) is 4.69. The second kappa shape index (κ2) is 10.9. The number of nitrogens with zero attached hydrogens (tertiary/aromatic N) is 4. The van der Waals surface area contributed by atoms with Crippen LogP contribution in [0.25, 0.3) is 22.5 Å². The number of nitro groups is 1. The molecule has 4 rings (SSSR count). The molecule has 0 radical (unpaired) electrons. The summed E-state index contributed by atoms with van der Waals surface area (Å²) < 4.78 is 10.5. The summed E-state index contributed by atoms with van der Waals surface area (Å²) in [5.74, 6) is 1.66. The number of nitro benzene ring substituents is 1. The van der Waals surface area contributed by atoms with E-state index in [0.717, 1.165) is 5.56 Å². The van der Waals surface area contributed by atoms with Crippen LogP contribution in [0.1, 0.15) is 5.76 Å². The summed E-state index contributed by atoms with van der Waals surface area (Å²) in [4.78, 5) is 24.0. The first-order chi connectivity index (χ1) is 16.0. The van der Waals surface area contributed by atoms with Gasteiger partial charge in [-0.3, -0.25) is 15.4 Å². The highest BCUT2D eigenvalue weighted by Gasteiger charge is 2.13. The fraction of sp³-hybridized carbons (Fsp3) is 0.0870. The number of guanidine groups is 1. The number of ether oxygens (including phenoxy) is 1. The van der Waals surface area contributed by atoms with Crippen molar-refractivity contribution in [2.75, 3.05) is 12.4 Å². The minimum Gasteiger partial charge on any atom is -0.497 e. The number of anilines is 1. The van der Waals surface area contributed by atoms with Crippen molar-refractivity contribution in [3.8, 4) is 28.3 Å². The molecule has 4 aromatic rings. The zero-order chi connectivity index (χ0) is 23.2. The van der Waals surface area contributed by atoms with Gasteiger partial charge in [0, 0.05) is 23.3 Å². The molecule has 0 saturated heterocycles. The Hall–Kier alpha value is -4.44. The van der Waals surface area contributed by atoms with Gasteiger partial charge in [0.05, 0.1) is 29.7 Å². The van der Waals surface area contributed by atoms with Crippen LogP contribution in [0.5, 0.6) is 5.75 Å². The van der Waals surface area contributed by atoms with E-state index in [1.165, 1.54) is 12.1 Å². The molecule has 0 saturated carbocycles. The first-order valence-corrected chi connectivity index (χ1v) is 9.89. The summed E-state index contributed by atoms with van der Waals surface area (Å²) in [5, 5.41) is 14.1. The third-order valence-electron chi connectivity index (χ3n) is 4.69. The number of benzene rings is 2. The van der Waals surface area contributed by atoms with Crippen molar-refractivity contribution < 1.29 is 14.1 Å². The maximum atomic E-state index is 11.2. The van der Waals surface area contributed by atoms with Crippen molar-refractivity contribution >= 4 is 30.0 Å². The van der Waals surface area contributed by atoms with Gasteiger partial charge in [0.25, 0.3) is 5.69 Å². The number of halogens is 1. The molecule has 174 valence electrons. The molecule has 2 aromatic heterocycles. The Labute approximate surface area is 201 Å². The average molecular weight is 481 g/mol. The molecule has 3 N–H and O–H groups in total. The van der Waals surface area contributed by atoms with E-state index < -0.39 is 4.92 Å². The molecule has 10 nitrogen and oxygen atoms in total. The highest BCUT2D eigenvalue weighted by atomic mass is 35.5. The normalized spacial score (nSPS) is 10.9. The van der Waals surface area contributed by atoms with Crippen LogP contribution in [0.4, 0.5) is 11.6 Å². The van der Waals surface area contributed by atoms with E-state index in [1.807, 2.05) is 24.3 Å². The van der Waals surface area contributed by atoms with Crippen molar-refractivity contribution in [3.05, 3.63) is 88.9 Å². The SMILES string of the molecule is COc1ccc(-c2cc(-c3cccc([N+](=O)[O-])c3)nc(NC(N)=NCc3ccco3)n2)cc1.Cl. The van der Waals surface area contributed by atoms with E-state index in [2.05, 4.69) is 20.3 Å². The van der Waals surface area contributed by atoms with E-state index >= 15 is 0 Å². The standard InChI is InChI=1S/C23H20N6O4.ClH/c1-32-18-9-7-15(8-10-18)20-13-21(16-4-2-5-17(12-16)29(30)31)27-23(26-20)28-22(24)25-14-19-6-3-11-33-19;/h2-13H,14H2,1H3,(H3,24,25,26,27,28);1H. The zero-order valence-electron chi connectivity index (χ0n) is 18.0. The molecule has 0 fully saturated rings. The molecule has 0 spiro atoms. The fourth-order valence-electron chi connectivity index (χ4n) is 3.06. The van der Waals surface area contributed by atoms with Gasteiger partial charge in [-0.1, -0.05) is 12.1 Å². The second-order valence-corrected chi connectivity index (χ2v) is 6.90. The van der Waals surface area contributed by atoms with E-state index in [1.54, 1.807) is 43.7 Å². The first-order valence-electron chi connectivity index (χ1n) is 9.89. The third kappa shape index (κ3) is 5.87. The summed E-state index contributed by atoms with van der Waals surface area (Å²) in [5.41, 5.74) is 8.43. The van der Waals surface area contributed by atoms with Crippen LogP contribution in [-0.4, -0.2) is 28.0 Å². The minimum atomic E-state index is -0.451. The van der Waals surface area contributed by atoms with Gasteiger partial charge in [-0.05, 0) is 42.5 Å². The second-order valence-electron chi connectivity index (χ2n) is 6.90. The van der Waals surface area contributed by atoms with Crippen molar-refractivity contribution in [3.63, 3.8) is 0 Å². The Morgan fingerprint density at radius 1 is 1.09 bits per heavy atom. The van der Waals surface area contributed by atoms with Gasteiger partial charge in [0.1, 0.15) is 18.1 Å². The number of hydrogen-bond acceptors (Lipinski definition) is 7. The number of non-ortho nitro benzene ring substituents is 1. The molecule has 2 aromatic carbocycles. The predicted molar refractivity (Wildman–Crippen MR) is 131 cm³/mol. The Morgan fingerprint density at radius 3 is 2.47 bits per heavy atom. The van der Waals surface area contributed by atoms with E-state index in [-0.39, 0.29) is 36.5 Å². The number of nitrogens with two attached hydrogens (primary N) is 1. The molecular formula is C23H21ClN6O4. The van der Waals surface area contributed by atoms with Gasteiger partial charge < -0.3 is 14.9 Å². The Kier molecular flexibility index (Phi) is 7.78. The monoisotopic (exact) mass is 480 g/mol. The van der Waals surface area contributed by atoms with Crippen LogP contribution in [-0.2, 0) is 6.54 Å². The zero-order valence-corrected chi connectivity index (χ0v) is 18.9. The van der Waals surface area contributed by atoms with Gasteiger partial charge in [-0.2, -0.15) is 0 Å². The number of rotatable bonds is 7. The number of hydrogen-bond donors (Lipinski definition) is 2. The lowest BCUT2D eigenvalue weighted by molar-refractivity contribution is -0.384. The van der Waals surface area contributed by atoms with Crippen molar-refractivity contribution in [1.29, 1.82) is 0 Å².